The Labute approximate surface area is 86.6 Å². The average Bonchev–Trinajstić information content (AvgIpc) is 2.65. The predicted octanol–water partition coefficient (Wildman–Crippen LogP) is 2.20. The van der Waals surface area contributed by atoms with Crippen LogP contribution >= 0.6 is 0 Å². The summed E-state index contributed by atoms with van der Waals surface area (Å²) < 4.78 is 30.5. The second-order valence-electron chi connectivity index (χ2n) is 3.50. The van der Waals surface area contributed by atoms with Gasteiger partial charge in [-0.25, -0.2) is 13.8 Å². The lowest BCUT2D eigenvalue weighted by atomic mass is 10.1. The van der Waals surface area contributed by atoms with Crippen LogP contribution in [0.1, 0.15) is 12.0 Å². The highest BCUT2D eigenvalue weighted by atomic mass is 19.1. The molecule has 0 amide bonds. The number of benzene rings is 1. The molecule has 0 aromatic heterocycles. The smallest absolute Gasteiger partial charge is 0.273 e. The molecule has 1 aliphatic heterocycles. The molecule has 0 saturated heterocycles. The minimum atomic E-state index is -0.539. The third-order valence-electron chi connectivity index (χ3n) is 2.26. The van der Waals surface area contributed by atoms with E-state index < -0.39 is 11.6 Å². The molecule has 0 N–H and O–H groups in total. The third-order valence-corrected chi connectivity index (χ3v) is 2.26. The van der Waals surface area contributed by atoms with Crippen molar-refractivity contribution in [3.8, 4) is 0 Å². The summed E-state index contributed by atoms with van der Waals surface area (Å²) in [6.45, 7) is 0.512. The fourth-order valence-electron chi connectivity index (χ4n) is 1.52. The van der Waals surface area contributed by atoms with Gasteiger partial charge in [0.25, 0.3) is 6.40 Å². The Balaban J connectivity index is 1.95. The second-order valence-corrected chi connectivity index (χ2v) is 3.50. The number of hydrogen-bond acceptors (Lipinski definition) is 2. The summed E-state index contributed by atoms with van der Waals surface area (Å²) in [5, 5.41) is 0. The number of aryl methyl sites for hydroxylation is 1. The summed E-state index contributed by atoms with van der Waals surface area (Å²) in [6, 6.07) is 3.61. The van der Waals surface area contributed by atoms with Crippen LogP contribution < -0.4 is 0 Å². The van der Waals surface area contributed by atoms with Crippen LogP contribution in [-0.4, -0.2) is 19.0 Å². The van der Waals surface area contributed by atoms with Gasteiger partial charge >= 0.3 is 0 Å². The Morgan fingerprint density at radius 3 is 2.67 bits per heavy atom. The van der Waals surface area contributed by atoms with Gasteiger partial charge in [0.2, 0.25) is 0 Å². The normalized spacial score (nSPS) is 19.2. The Morgan fingerprint density at radius 2 is 2.07 bits per heavy atom. The lowest BCUT2D eigenvalue weighted by Crippen LogP contribution is -2.07. The largest absolute Gasteiger partial charge is 0.472 e. The Bertz CT molecular complexity index is 359. The first-order chi connectivity index (χ1) is 7.24. The highest BCUT2D eigenvalue weighted by Gasteiger charge is 2.12. The van der Waals surface area contributed by atoms with Gasteiger partial charge in [-0.1, -0.05) is 0 Å². The monoisotopic (exact) mass is 210 g/mol. The zero-order valence-electron chi connectivity index (χ0n) is 8.04. The van der Waals surface area contributed by atoms with E-state index in [9.17, 15) is 8.78 Å². The molecule has 1 unspecified atom stereocenters. The van der Waals surface area contributed by atoms with Gasteiger partial charge in [0.1, 0.15) is 18.2 Å². The molecular weight excluding hydrogens is 200 g/mol. The first kappa shape index (κ1) is 10.1. The fraction of sp³-hybridized carbons (Fsp3) is 0.364. The first-order valence-corrected chi connectivity index (χ1v) is 4.75. The summed E-state index contributed by atoms with van der Waals surface area (Å²) >= 11 is 0. The summed E-state index contributed by atoms with van der Waals surface area (Å²) in [7, 11) is 0. The van der Waals surface area contributed by atoms with Crippen molar-refractivity contribution in [1.82, 2.24) is 0 Å². The SMILES string of the molecule is Fc1cc(F)cc(CCC2CO[C]=N2)c1. The molecule has 0 saturated carbocycles. The topological polar surface area (TPSA) is 21.6 Å². The Hall–Kier alpha value is -1.45. The van der Waals surface area contributed by atoms with E-state index in [1.807, 2.05) is 0 Å². The van der Waals surface area contributed by atoms with Gasteiger partial charge in [0.15, 0.2) is 0 Å². The van der Waals surface area contributed by atoms with Crippen molar-refractivity contribution in [1.29, 1.82) is 0 Å². The minimum Gasteiger partial charge on any atom is -0.472 e. The van der Waals surface area contributed by atoms with Crippen LogP contribution in [0.5, 0.6) is 0 Å². The van der Waals surface area contributed by atoms with Gasteiger partial charge in [-0.05, 0) is 30.5 Å². The zero-order valence-corrected chi connectivity index (χ0v) is 8.04. The van der Waals surface area contributed by atoms with Crippen molar-refractivity contribution in [3.05, 3.63) is 35.4 Å². The molecule has 2 nitrogen and oxygen atoms in total. The predicted molar refractivity (Wildman–Crippen MR) is 51.9 cm³/mol. The van der Waals surface area contributed by atoms with Crippen LogP contribution in [-0.2, 0) is 11.2 Å². The van der Waals surface area contributed by atoms with Gasteiger partial charge in [0.05, 0.1) is 6.04 Å². The van der Waals surface area contributed by atoms with Crippen LogP contribution in [0.4, 0.5) is 8.78 Å². The highest BCUT2D eigenvalue weighted by molar-refractivity contribution is 5.48. The summed E-state index contributed by atoms with van der Waals surface area (Å²) in [6.07, 6.45) is 3.72. The molecule has 0 fully saturated rings. The van der Waals surface area contributed by atoms with Crippen molar-refractivity contribution in [2.45, 2.75) is 18.9 Å². The van der Waals surface area contributed by atoms with E-state index >= 15 is 0 Å². The van der Waals surface area contributed by atoms with Gasteiger partial charge in [-0.3, -0.25) is 0 Å². The van der Waals surface area contributed by atoms with Crippen molar-refractivity contribution in [2.75, 3.05) is 6.61 Å². The van der Waals surface area contributed by atoms with Crippen molar-refractivity contribution in [3.63, 3.8) is 0 Å². The molecule has 1 radical (unpaired) electrons. The van der Waals surface area contributed by atoms with Crippen LogP contribution in [0.3, 0.4) is 0 Å². The lowest BCUT2D eigenvalue weighted by molar-refractivity contribution is 0.322. The van der Waals surface area contributed by atoms with Crippen LogP contribution in [0, 0.1) is 11.6 Å². The molecule has 0 bridgehead atoms. The maximum absolute atomic E-state index is 12.8. The lowest BCUT2D eigenvalue weighted by Gasteiger charge is -2.05. The van der Waals surface area contributed by atoms with E-state index in [-0.39, 0.29) is 6.04 Å². The van der Waals surface area contributed by atoms with E-state index in [2.05, 4.69) is 11.4 Å². The fourth-order valence-corrected chi connectivity index (χ4v) is 1.52. The van der Waals surface area contributed by atoms with Crippen LogP contribution in [0.25, 0.3) is 0 Å². The summed E-state index contributed by atoms with van der Waals surface area (Å²) in [4.78, 5) is 3.94. The van der Waals surface area contributed by atoms with Crippen molar-refractivity contribution in [2.24, 2.45) is 4.99 Å². The van der Waals surface area contributed by atoms with E-state index in [0.717, 1.165) is 12.5 Å². The molecule has 0 aliphatic carbocycles. The minimum absolute atomic E-state index is 0.0660. The molecule has 1 aromatic carbocycles. The number of aliphatic imine (C=N–C) groups is 1. The van der Waals surface area contributed by atoms with Gasteiger partial charge in [-0.15, -0.1) is 0 Å². The zero-order chi connectivity index (χ0) is 10.7. The molecule has 15 heavy (non-hydrogen) atoms. The number of nitrogens with zero attached hydrogens (tertiary/aromatic N) is 1. The molecule has 1 atom stereocenters. The molecule has 79 valence electrons. The summed E-state index contributed by atoms with van der Waals surface area (Å²) in [5.74, 6) is -1.08. The second kappa shape index (κ2) is 4.38. The maximum atomic E-state index is 12.8. The standard InChI is InChI=1S/C11H10F2NO/c12-9-3-8(4-10(13)5-9)1-2-11-6-15-7-14-11/h3-5,11H,1-2,6H2. The van der Waals surface area contributed by atoms with Gasteiger partial charge in [-0.2, -0.15) is 0 Å². The molecular formula is C11H10F2NO. The first-order valence-electron chi connectivity index (χ1n) is 4.75. The van der Waals surface area contributed by atoms with Crippen molar-refractivity contribution < 1.29 is 13.5 Å². The Morgan fingerprint density at radius 1 is 1.33 bits per heavy atom. The van der Waals surface area contributed by atoms with E-state index in [1.165, 1.54) is 12.1 Å². The average molecular weight is 210 g/mol. The number of hydrogen-bond donors (Lipinski definition) is 0. The van der Waals surface area contributed by atoms with Gasteiger partial charge in [0, 0.05) is 6.07 Å². The third kappa shape index (κ3) is 2.75. The molecule has 4 heteroatoms. The van der Waals surface area contributed by atoms with Gasteiger partial charge < -0.3 is 4.74 Å². The molecule has 1 aromatic rings. The number of rotatable bonds is 3. The quantitative estimate of drug-likeness (QED) is 0.749. The number of ether oxygens (including phenoxy) is 1. The highest BCUT2D eigenvalue weighted by Crippen LogP contribution is 2.13. The van der Waals surface area contributed by atoms with Crippen LogP contribution in [0.2, 0.25) is 0 Å². The Kier molecular flexibility index (Phi) is 2.94. The van der Waals surface area contributed by atoms with E-state index in [0.29, 0.717) is 18.6 Å². The molecule has 2 rings (SSSR count). The van der Waals surface area contributed by atoms with E-state index in [4.69, 9.17) is 4.74 Å². The van der Waals surface area contributed by atoms with Crippen LogP contribution in [0.15, 0.2) is 23.2 Å². The molecule has 0 spiro atoms. The maximum Gasteiger partial charge on any atom is 0.273 e. The molecule has 1 heterocycles. The van der Waals surface area contributed by atoms with E-state index in [1.54, 1.807) is 0 Å². The van der Waals surface area contributed by atoms with Crippen molar-refractivity contribution >= 4 is 6.40 Å². The molecule has 1 aliphatic rings. The number of halogens is 2. The summed E-state index contributed by atoms with van der Waals surface area (Å²) in [5.41, 5.74) is 0.648.